The van der Waals surface area contributed by atoms with Gasteiger partial charge < -0.3 is 9.57 Å². The number of ether oxygens (including phenoxy) is 1. The second-order valence-corrected chi connectivity index (χ2v) is 5.86. The van der Waals surface area contributed by atoms with Crippen molar-refractivity contribution in [2.24, 2.45) is 5.92 Å². The smallest absolute Gasteiger partial charge is 0.443 e. The third-order valence-electron chi connectivity index (χ3n) is 4.07. The van der Waals surface area contributed by atoms with Gasteiger partial charge in [-0.1, -0.05) is 12.8 Å². The van der Waals surface area contributed by atoms with Crippen molar-refractivity contribution < 1.29 is 19.2 Å². The van der Waals surface area contributed by atoms with E-state index in [2.05, 4.69) is 5.92 Å². The number of unbranched alkanes of at least 4 members (excludes halogenated alkanes) is 1. The molecule has 2 atom stereocenters. The molecule has 0 unspecified atom stereocenters. The molecule has 5 heteroatoms. The van der Waals surface area contributed by atoms with Gasteiger partial charge in [0.1, 0.15) is 6.10 Å². The molecule has 5 nitrogen and oxygen atoms in total. The Labute approximate surface area is 125 Å². The minimum Gasteiger partial charge on any atom is -0.444 e. The van der Waals surface area contributed by atoms with Gasteiger partial charge in [0.15, 0.2) is 0 Å². The van der Waals surface area contributed by atoms with Gasteiger partial charge in [-0.2, -0.15) is 0 Å². The van der Waals surface area contributed by atoms with Crippen LogP contribution in [0.3, 0.4) is 0 Å². The van der Waals surface area contributed by atoms with Crippen LogP contribution in [0.25, 0.3) is 0 Å². The van der Waals surface area contributed by atoms with Crippen LogP contribution in [0.15, 0.2) is 0 Å². The third kappa shape index (κ3) is 4.66. The largest absolute Gasteiger partial charge is 0.444 e. The van der Waals surface area contributed by atoms with Crippen LogP contribution in [0.1, 0.15) is 58.3 Å². The van der Waals surface area contributed by atoms with Crippen LogP contribution >= 0.6 is 0 Å². The number of nitrogens with zero attached hydrogens (tertiary/aromatic N) is 1. The van der Waals surface area contributed by atoms with Crippen LogP contribution in [0, 0.1) is 18.3 Å². The van der Waals surface area contributed by atoms with Gasteiger partial charge in [0.2, 0.25) is 0 Å². The molecule has 2 saturated carbocycles. The normalized spacial score (nSPS) is 24.2. The van der Waals surface area contributed by atoms with E-state index in [1.54, 1.807) is 0 Å². The zero-order valence-corrected chi connectivity index (χ0v) is 12.5. The zero-order valence-electron chi connectivity index (χ0n) is 12.5. The summed E-state index contributed by atoms with van der Waals surface area (Å²) in [4.78, 5) is 28.4. The van der Waals surface area contributed by atoms with Crippen molar-refractivity contribution in [2.45, 2.75) is 70.4 Å². The summed E-state index contributed by atoms with van der Waals surface area (Å²) in [5, 5.41) is 1.14. The van der Waals surface area contributed by atoms with Crippen molar-refractivity contribution in [3.8, 4) is 12.3 Å². The number of amides is 1. The molecule has 1 amide bonds. The van der Waals surface area contributed by atoms with Gasteiger partial charge in [0.25, 0.3) is 0 Å². The predicted octanol–water partition coefficient (Wildman–Crippen LogP) is 3.04. The molecule has 0 aliphatic heterocycles. The molecule has 0 N–H and O–H groups in total. The van der Waals surface area contributed by atoms with E-state index in [1.165, 1.54) is 6.92 Å². The van der Waals surface area contributed by atoms with Crippen molar-refractivity contribution in [3.63, 3.8) is 0 Å². The molecule has 0 spiro atoms. The molecule has 0 radical (unpaired) electrons. The first kappa shape index (κ1) is 15.7. The first-order valence-corrected chi connectivity index (χ1v) is 7.73. The Morgan fingerprint density at radius 1 is 1.33 bits per heavy atom. The Bertz CT molecular complexity index is 422. The Hall–Kier alpha value is -1.70. The van der Waals surface area contributed by atoms with Crippen LogP contribution in [0.2, 0.25) is 0 Å². The topological polar surface area (TPSA) is 55.8 Å². The monoisotopic (exact) mass is 293 g/mol. The van der Waals surface area contributed by atoms with E-state index in [0.29, 0.717) is 5.92 Å². The fraction of sp³-hybridized carbons (Fsp3) is 0.750. The van der Waals surface area contributed by atoms with E-state index >= 15 is 0 Å². The number of carbonyl (C=O) groups is 2. The molecule has 21 heavy (non-hydrogen) atoms. The number of hydrogen-bond acceptors (Lipinski definition) is 4. The summed E-state index contributed by atoms with van der Waals surface area (Å²) in [7, 11) is 0. The second kappa shape index (κ2) is 7.35. The molecule has 0 aromatic carbocycles. The van der Waals surface area contributed by atoms with Crippen molar-refractivity contribution in [1.29, 1.82) is 0 Å². The Morgan fingerprint density at radius 3 is 2.67 bits per heavy atom. The average Bonchev–Trinajstić information content (AvgIpc) is 2.95. The summed E-state index contributed by atoms with van der Waals surface area (Å²) in [6, 6.07) is -0.0416. The maximum atomic E-state index is 12.2. The van der Waals surface area contributed by atoms with Gasteiger partial charge in [-0.15, -0.1) is 17.4 Å². The van der Waals surface area contributed by atoms with Gasteiger partial charge in [-0.3, -0.25) is 4.79 Å². The van der Waals surface area contributed by atoms with E-state index in [0.717, 1.165) is 56.4 Å². The Kier molecular flexibility index (Phi) is 5.49. The molecule has 2 aliphatic carbocycles. The highest BCUT2D eigenvalue weighted by atomic mass is 16.8. The van der Waals surface area contributed by atoms with E-state index in [9.17, 15) is 9.59 Å². The first-order chi connectivity index (χ1) is 10.1. The number of carbonyl (C=O) groups excluding carboxylic acids is 2. The highest BCUT2D eigenvalue weighted by molar-refractivity contribution is 5.72. The Morgan fingerprint density at radius 2 is 2.05 bits per heavy atom. The van der Waals surface area contributed by atoms with E-state index in [4.69, 9.17) is 16.0 Å². The van der Waals surface area contributed by atoms with E-state index < -0.39 is 12.1 Å². The quantitative estimate of drug-likeness (QED) is 0.444. The Balaban J connectivity index is 1.79. The summed E-state index contributed by atoms with van der Waals surface area (Å²) in [6.07, 6.45) is 12.1. The summed E-state index contributed by atoms with van der Waals surface area (Å²) < 4.78 is 5.44. The van der Waals surface area contributed by atoms with E-state index in [1.807, 2.05) is 0 Å². The lowest BCUT2D eigenvalue weighted by atomic mass is 10.2. The number of rotatable bonds is 5. The number of hydrogen-bond donors (Lipinski definition) is 0. The van der Waals surface area contributed by atoms with Crippen LogP contribution in [0.5, 0.6) is 0 Å². The standard InChI is InChI=1S/C16H23NO4/c1-3-4-5-8-13-11-15(13)20-16(19)17(21-12(2)18)14-9-6-7-10-14/h1,13-15H,4-11H2,2H3/t13-,15-/m1/s1. The highest BCUT2D eigenvalue weighted by Gasteiger charge is 2.42. The highest BCUT2D eigenvalue weighted by Crippen LogP contribution is 2.38. The number of terminal acetylenes is 1. The molecule has 2 fully saturated rings. The molecule has 116 valence electrons. The molecule has 0 bridgehead atoms. The zero-order chi connectivity index (χ0) is 15.2. The predicted molar refractivity (Wildman–Crippen MR) is 76.9 cm³/mol. The molecule has 0 aromatic heterocycles. The van der Waals surface area contributed by atoms with E-state index in [-0.39, 0.29) is 12.1 Å². The summed E-state index contributed by atoms with van der Waals surface area (Å²) in [5.74, 6) is 2.53. The molecular formula is C16H23NO4. The summed E-state index contributed by atoms with van der Waals surface area (Å²) in [6.45, 7) is 1.30. The molecule has 2 rings (SSSR count). The second-order valence-electron chi connectivity index (χ2n) is 5.86. The van der Waals surface area contributed by atoms with Crippen LogP contribution in [0.4, 0.5) is 4.79 Å². The van der Waals surface area contributed by atoms with Crippen molar-refractivity contribution in [1.82, 2.24) is 5.06 Å². The van der Waals surface area contributed by atoms with Crippen molar-refractivity contribution in [3.05, 3.63) is 0 Å². The SMILES string of the molecule is C#CCCC[C@@H]1C[C@H]1OC(=O)N(OC(C)=O)C1CCCC1. The van der Waals surface area contributed by atoms with Crippen LogP contribution in [-0.4, -0.2) is 29.3 Å². The first-order valence-electron chi connectivity index (χ1n) is 7.73. The molecule has 0 aromatic rings. The van der Waals surface area contributed by atoms with Gasteiger partial charge in [-0.25, -0.2) is 4.79 Å². The van der Waals surface area contributed by atoms with Crippen molar-refractivity contribution >= 4 is 12.1 Å². The minimum absolute atomic E-state index is 0.0416. The van der Waals surface area contributed by atoms with Crippen LogP contribution in [-0.2, 0) is 14.4 Å². The minimum atomic E-state index is -0.526. The molecule has 0 saturated heterocycles. The van der Waals surface area contributed by atoms with Gasteiger partial charge in [-0.05, 0) is 38.0 Å². The maximum absolute atomic E-state index is 12.2. The molecule has 2 aliphatic rings. The maximum Gasteiger partial charge on any atom is 0.443 e. The van der Waals surface area contributed by atoms with Crippen molar-refractivity contribution in [2.75, 3.05) is 0 Å². The summed E-state index contributed by atoms with van der Waals surface area (Å²) >= 11 is 0. The van der Waals surface area contributed by atoms with Gasteiger partial charge in [0.05, 0.1) is 6.04 Å². The fourth-order valence-corrected chi connectivity index (χ4v) is 2.85. The van der Waals surface area contributed by atoms with Gasteiger partial charge >= 0.3 is 12.1 Å². The fourth-order valence-electron chi connectivity index (χ4n) is 2.85. The lowest BCUT2D eigenvalue weighted by Gasteiger charge is -2.25. The lowest BCUT2D eigenvalue weighted by Crippen LogP contribution is -2.40. The average molecular weight is 293 g/mol. The third-order valence-corrected chi connectivity index (χ3v) is 4.07. The number of hydroxylamine groups is 2. The lowest BCUT2D eigenvalue weighted by molar-refractivity contribution is -0.188. The van der Waals surface area contributed by atoms with Gasteiger partial charge in [0, 0.05) is 13.3 Å². The van der Waals surface area contributed by atoms with Crippen LogP contribution < -0.4 is 0 Å². The summed E-state index contributed by atoms with van der Waals surface area (Å²) in [5.41, 5.74) is 0. The molecular weight excluding hydrogens is 270 g/mol. The molecule has 0 heterocycles.